The van der Waals surface area contributed by atoms with Crippen molar-refractivity contribution in [3.63, 3.8) is 0 Å². The summed E-state index contributed by atoms with van der Waals surface area (Å²) in [4.78, 5) is 12.5. The van der Waals surface area contributed by atoms with Crippen LogP contribution in [0.25, 0.3) is 0 Å². The van der Waals surface area contributed by atoms with E-state index in [2.05, 4.69) is 5.92 Å². The number of ether oxygens (including phenoxy) is 2. The smallest absolute Gasteiger partial charge is 0.342 e. The average Bonchev–Trinajstić information content (AvgIpc) is 2.71. The fraction of sp³-hybridized carbons (Fsp3) is 0.0870. The molecule has 0 atom stereocenters. The molecular formula is C23H18O3. The molecule has 0 N–H and O–H groups in total. The molecule has 3 aromatic rings. The zero-order valence-electron chi connectivity index (χ0n) is 14.2. The molecule has 26 heavy (non-hydrogen) atoms. The van der Waals surface area contributed by atoms with Gasteiger partial charge in [-0.25, -0.2) is 4.79 Å². The molecule has 0 amide bonds. The van der Waals surface area contributed by atoms with Gasteiger partial charge in [0.2, 0.25) is 0 Å². The van der Waals surface area contributed by atoms with Crippen LogP contribution in [0, 0.1) is 12.3 Å². The first-order chi connectivity index (χ1) is 12.8. The maximum absolute atomic E-state index is 12.5. The second-order valence-electron chi connectivity index (χ2n) is 5.66. The van der Waals surface area contributed by atoms with Gasteiger partial charge in [0.1, 0.15) is 24.5 Å². The Hall–Kier alpha value is -3.51. The molecule has 0 saturated heterocycles. The Kier molecular flexibility index (Phi) is 5.69. The van der Waals surface area contributed by atoms with E-state index in [-0.39, 0.29) is 6.61 Å². The van der Waals surface area contributed by atoms with Crippen LogP contribution in [0.2, 0.25) is 0 Å². The number of carbonyl (C=O) groups is 1. The zero-order chi connectivity index (χ0) is 18.2. The normalized spacial score (nSPS) is 9.96. The Morgan fingerprint density at radius 1 is 0.808 bits per heavy atom. The van der Waals surface area contributed by atoms with Gasteiger partial charge < -0.3 is 9.47 Å². The monoisotopic (exact) mass is 342 g/mol. The number of esters is 1. The summed E-state index contributed by atoms with van der Waals surface area (Å²) in [6, 6.07) is 24.3. The Balaban J connectivity index is 1.77. The van der Waals surface area contributed by atoms with Crippen molar-refractivity contribution in [2.24, 2.45) is 0 Å². The lowest BCUT2D eigenvalue weighted by atomic mass is 10.1. The first-order valence-electron chi connectivity index (χ1n) is 8.25. The maximum atomic E-state index is 12.5. The van der Waals surface area contributed by atoms with Crippen molar-refractivity contribution in [2.45, 2.75) is 13.2 Å². The topological polar surface area (TPSA) is 35.5 Å². The lowest BCUT2D eigenvalue weighted by Gasteiger charge is -2.13. The van der Waals surface area contributed by atoms with Gasteiger partial charge in [0.05, 0.1) is 5.56 Å². The van der Waals surface area contributed by atoms with Crippen LogP contribution in [-0.2, 0) is 18.0 Å². The molecule has 0 radical (unpaired) electrons. The van der Waals surface area contributed by atoms with E-state index in [9.17, 15) is 4.79 Å². The third kappa shape index (κ3) is 4.31. The third-order valence-electron chi connectivity index (χ3n) is 3.83. The number of para-hydroxylation sites is 1. The third-order valence-corrected chi connectivity index (χ3v) is 3.83. The first kappa shape index (κ1) is 17.3. The summed E-state index contributed by atoms with van der Waals surface area (Å²) in [6.45, 7) is 0.510. The fourth-order valence-electron chi connectivity index (χ4n) is 2.50. The quantitative estimate of drug-likeness (QED) is 0.485. The number of hydrogen-bond donors (Lipinski definition) is 0. The summed E-state index contributed by atoms with van der Waals surface area (Å²) in [7, 11) is 0. The van der Waals surface area contributed by atoms with E-state index >= 15 is 0 Å². The number of terminal acetylenes is 1. The fourth-order valence-corrected chi connectivity index (χ4v) is 2.50. The van der Waals surface area contributed by atoms with Gasteiger partial charge in [0, 0.05) is 0 Å². The summed E-state index contributed by atoms with van der Waals surface area (Å²) in [5.41, 5.74) is 2.76. The van der Waals surface area contributed by atoms with Crippen molar-refractivity contribution < 1.29 is 14.3 Å². The predicted molar refractivity (Wildman–Crippen MR) is 101 cm³/mol. The summed E-state index contributed by atoms with van der Waals surface area (Å²) < 4.78 is 11.3. The molecule has 0 heterocycles. The Morgan fingerprint density at radius 3 is 2.04 bits per heavy atom. The molecule has 0 spiro atoms. The SMILES string of the molecule is C#Cc1cccc(C(=O)OCc2ccccc2)c1OCc1ccccc1. The van der Waals surface area contributed by atoms with Crippen molar-refractivity contribution in [1.29, 1.82) is 0 Å². The highest BCUT2D eigenvalue weighted by Crippen LogP contribution is 2.26. The number of rotatable bonds is 6. The molecule has 0 bridgehead atoms. The van der Waals surface area contributed by atoms with E-state index in [1.54, 1.807) is 18.2 Å². The van der Waals surface area contributed by atoms with Gasteiger partial charge in [-0.3, -0.25) is 0 Å². The molecule has 128 valence electrons. The Morgan fingerprint density at radius 2 is 1.42 bits per heavy atom. The lowest BCUT2D eigenvalue weighted by molar-refractivity contribution is 0.0467. The van der Waals surface area contributed by atoms with Crippen molar-refractivity contribution in [2.75, 3.05) is 0 Å². The molecule has 0 aromatic heterocycles. The minimum Gasteiger partial charge on any atom is -0.487 e. The molecule has 0 aliphatic rings. The number of carbonyl (C=O) groups excluding carboxylic acids is 1. The second-order valence-corrected chi connectivity index (χ2v) is 5.66. The van der Waals surface area contributed by atoms with E-state index < -0.39 is 5.97 Å². The van der Waals surface area contributed by atoms with Gasteiger partial charge in [-0.1, -0.05) is 72.7 Å². The van der Waals surface area contributed by atoms with Crippen LogP contribution in [0.1, 0.15) is 27.0 Å². The van der Waals surface area contributed by atoms with Crippen LogP contribution in [0.15, 0.2) is 78.9 Å². The van der Waals surface area contributed by atoms with Crippen molar-refractivity contribution in [3.8, 4) is 18.1 Å². The largest absolute Gasteiger partial charge is 0.487 e. The van der Waals surface area contributed by atoms with Gasteiger partial charge in [-0.15, -0.1) is 6.42 Å². The van der Waals surface area contributed by atoms with Gasteiger partial charge in [0.25, 0.3) is 0 Å². The molecule has 3 aromatic carbocycles. The lowest BCUT2D eigenvalue weighted by Crippen LogP contribution is -2.09. The van der Waals surface area contributed by atoms with Crippen LogP contribution in [0.5, 0.6) is 5.75 Å². The van der Waals surface area contributed by atoms with Gasteiger partial charge in [-0.2, -0.15) is 0 Å². The first-order valence-corrected chi connectivity index (χ1v) is 8.25. The van der Waals surface area contributed by atoms with Gasteiger partial charge >= 0.3 is 5.97 Å². The molecular weight excluding hydrogens is 324 g/mol. The predicted octanol–water partition coefficient (Wildman–Crippen LogP) is 4.60. The summed E-state index contributed by atoms with van der Waals surface area (Å²) in [5.74, 6) is 2.48. The maximum Gasteiger partial charge on any atom is 0.342 e. The molecule has 3 rings (SSSR count). The molecule has 0 fully saturated rings. The Bertz CT molecular complexity index is 909. The summed E-state index contributed by atoms with van der Waals surface area (Å²) in [5, 5.41) is 0. The highest BCUT2D eigenvalue weighted by molar-refractivity contribution is 5.93. The van der Waals surface area contributed by atoms with E-state index in [1.807, 2.05) is 60.7 Å². The van der Waals surface area contributed by atoms with Crippen molar-refractivity contribution in [1.82, 2.24) is 0 Å². The molecule has 3 nitrogen and oxygen atoms in total. The van der Waals surface area contributed by atoms with Crippen LogP contribution >= 0.6 is 0 Å². The minimum absolute atomic E-state index is 0.193. The summed E-state index contributed by atoms with van der Waals surface area (Å²) >= 11 is 0. The average molecular weight is 342 g/mol. The molecule has 0 aliphatic heterocycles. The van der Waals surface area contributed by atoms with E-state index in [0.29, 0.717) is 23.5 Å². The van der Waals surface area contributed by atoms with Crippen molar-refractivity contribution in [3.05, 3.63) is 101 Å². The van der Waals surface area contributed by atoms with Gasteiger partial charge in [-0.05, 0) is 23.3 Å². The van der Waals surface area contributed by atoms with E-state index in [0.717, 1.165) is 11.1 Å². The van der Waals surface area contributed by atoms with Crippen LogP contribution in [-0.4, -0.2) is 5.97 Å². The van der Waals surface area contributed by atoms with Crippen LogP contribution in [0.3, 0.4) is 0 Å². The van der Waals surface area contributed by atoms with Crippen LogP contribution < -0.4 is 4.74 Å². The molecule has 0 unspecified atom stereocenters. The minimum atomic E-state index is -0.464. The molecule has 0 aliphatic carbocycles. The van der Waals surface area contributed by atoms with Crippen LogP contribution in [0.4, 0.5) is 0 Å². The Labute approximate surface area is 153 Å². The highest BCUT2D eigenvalue weighted by Gasteiger charge is 2.17. The zero-order valence-corrected chi connectivity index (χ0v) is 14.2. The number of hydrogen-bond acceptors (Lipinski definition) is 3. The van der Waals surface area contributed by atoms with Crippen molar-refractivity contribution >= 4 is 5.97 Å². The second kappa shape index (κ2) is 8.55. The summed E-state index contributed by atoms with van der Waals surface area (Å²) in [6.07, 6.45) is 5.57. The molecule has 0 saturated carbocycles. The number of benzene rings is 3. The van der Waals surface area contributed by atoms with Gasteiger partial charge in [0.15, 0.2) is 0 Å². The molecule has 3 heteroatoms. The van der Waals surface area contributed by atoms with E-state index in [4.69, 9.17) is 15.9 Å². The highest BCUT2D eigenvalue weighted by atomic mass is 16.5. The standard InChI is InChI=1S/C23H18O3/c1-2-20-14-9-15-21(22(20)25-16-18-10-5-3-6-11-18)23(24)26-17-19-12-7-4-8-13-19/h1,3-15H,16-17H2. The van der Waals surface area contributed by atoms with E-state index in [1.165, 1.54) is 0 Å².